The third-order valence-electron chi connectivity index (χ3n) is 4.71. The first-order valence-electron chi connectivity index (χ1n) is 9.63. The average molecular weight is 436 g/mol. The van der Waals surface area contributed by atoms with Gasteiger partial charge in [0.25, 0.3) is 0 Å². The summed E-state index contributed by atoms with van der Waals surface area (Å²) in [5.74, 6) is 0.724. The van der Waals surface area contributed by atoms with E-state index in [0.29, 0.717) is 10.8 Å². The van der Waals surface area contributed by atoms with Gasteiger partial charge in [-0.2, -0.15) is 0 Å². The van der Waals surface area contributed by atoms with E-state index in [1.54, 1.807) is 11.0 Å². The number of benzene rings is 2. The van der Waals surface area contributed by atoms with Gasteiger partial charge < -0.3 is 5.32 Å². The fraction of sp³-hybridized carbons (Fsp3) is 0.174. The molecule has 0 bridgehead atoms. The fourth-order valence-electron chi connectivity index (χ4n) is 3.33. The van der Waals surface area contributed by atoms with Gasteiger partial charge in [0.2, 0.25) is 11.8 Å². The molecule has 0 fully saturated rings. The van der Waals surface area contributed by atoms with Crippen LogP contribution >= 0.6 is 23.1 Å². The lowest BCUT2D eigenvalue weighted by atomic mass is 10.0. The second-order valence-electron chi connectivity index (χ2n) is 6.81. The lowest BCUT2D eigenvalue weighted by Crippen LogP contribution is -2.29. The molecule has 7 heteroatoms. The second kappa shape index (κ2) is 9.28. The monoisotopic (exact) mass is 435 g/mol. The number of hydrogen-bond donors (Lipinski definition) is 1. The lowest BCUT2D eigenvalue weighted by molar-refractivity contribution is -0.117. The number of rotatable bonds is 5. The maximum absolute atomic E-state index is 12.5. The Labute approximate surface area is 183 Å². The van der Waals surface area contributed by atoms with Gasteiger partial charge in [0.1, 0.15) is 0 Å². The number of nitrogens with one attached hydrogen (secondary N) is 1. The topological polar surface area (TPSA) is 62.3 Å². The minimum atomic E-state index is -0.150. The molecule has 5 nitrogen and oxygen atoms in total. The predicted octanol–water partition coefficient (Wildman–Crippen LogP) is 5.19. The van der Waals surface area contributed by atoms with Crippen molar-refractivity contribution in [3.05, 3.63) is 77.3 Å². The van der Waals surface area contributed by atoms with Gasteiger partial charge in [-0.05, 0) is 36.3 Å². The van der Waals surface area contributed by atoms with Crippen LogP contribution in [0.3, 0.4) is 0 Å². The Balaban J connectivity index is 1.45. The van der Waals surface area contributed by atoms with E-state index in [9.17, 15) is 9.59 Å². The molecule has 1 atom stereocenters. The molecule has 1 aromatic heterocycles. The molecule has 0 spiro atoms. The lowest BCUT2D eigenvalue weighted by Gasteiger charge is -2.25. The third-order valence-corrected chi connectivity index (χ3v) is 6.68. The molecule has 2 amide bonds. The highest BCUT2D eigenvalue weighted by atomic mass is 32.2. The summed E-state index contributed by atoms with van der Waals surface area (Å²) in [6.07, 6.45) is 4.10. The van der Waals surface area contributed by atoms with Crippen LogP contribution in [-0.2, 0) is 9.59 Å². The maximum atomic E-state index is 12.5. The van der Waals surface area contributed by atoms with Crippen molar-refractivity contribution in [2.45, 2.75) is 24.3 Å². The van der Waals surface area contributed by atoms with Crippen LogP contribution in [0.4, 0.5) is 10.8 Å². The fourth-order valence-corrected chi connectivity index (χ4v) is 5.31. The Morgan fingerprint density at radius 2 is 1.90 bits per heavy atom. The Morgan fingerprint density at radius 1 is 1.13 bits per heavy atom. The number of amides is 2. The standard InChI is InChI=1S/C23H21N3O2S2/c1-16(27)26(18-7-3-2-4-8-18)23-24-17(15-30-23)11-12-22(28)25-20-13-14-29-21-10-6-5-9-19(20)21/h2-12,15,20H,13-14H2,1H3,(H,25,28). The summed E-state index contributed by atoms with van der Waals surface area (Å²) in [6, 6.07) is 17.6. The van der Waals surface area contributed by atoms with E-state index in [1.165, 1.54) is 34.8 Å². The van der Waals surface area contributed by atoms with Gasteiger partial charge in [-0.25, -0.2) is 4.98 Å². The summed E-state index contributed by atoms with van der Waals surface area (Å²) in [4.78, 5) is 31.9. The van der Waals surface area contributed by atoms with Crippen LogP contribution in [0.5, 0.6) is 0 Å². The molecule has 2 aromatic carbocycles. The van der Waals surface area contributed by atoms with Gasteiger partial charge in [0.05, 0.1) is 17.4 Å². The van der Waals surface area contributed by atoms with Gasteiger partial charge >= 0.3 is 0 Å². The van der Waals surface area contributed by atoms with Gasteiger partial charge in [-0.15, -0.1) is 23.1 Å². The maximum Gasteiger partial charge on any atom is 0.244 e. The third kappa shape index (κ3) is 4.63. The molecule has 3 aromatic rings. The molecule has 0 saturated carbocycles. The van der Waals surface area contributed by atoms with Crippen molar-refractivity contribution in [2.75, 3.05) is 10.7 Å². The molecule has 0 radical (unpaired) electrons. The Kier molecular flexibility index (Phi) is 6.30. The Bertz CT molecular complexity index is 1080. The number of nitrogens with zero attached hydrogens (tertiary/aromatic N) is 2. The van der Waals surface area contributed by atoms with E-state index >= 15 is 0 Å². The van der Waals surface area contributed by atoms with E-state index in [2.05, 4.69) is 22.4 Å². The SMILES string of the molecule is CC(=O)N(c1ccccc1)c1nc(C=CC(=O)NC2CCSc3ccccc32)cs1. The number of aromatic nitrogens is 1. The number of thiazole rings is 1. The number of thioether (sulfide) groups is 1. The Hall–Kier alpha value is -2.90. The quantitative estimate of drug-likeness (QED) is 0.560. The summed E-state index contributed by atoms with van der Waals surface area (Å²) in [5, 5.41) is 5.50. The highest BCUT2D eigenvalue weighted by molar-refractivity contribution is 7.99. The van der Waals surface area contributed by atoms with Crippen LogP contribution in [0.1, 0.15) is 30.6 Å². The van der Waals surface area contributed by atoms with E-state index in [4.69, 9.17) is 0 Å². The highest BCUT2D eigenvalue weighted by Crippen LogP contribution is 2.35. The minimum absolute atomic E-state index is 0.0249. The number of anilines is 2. The molecule has 4 rings (SSSR count). The minimum Gasteiger partial charge on any atom is -0.346 e. The van der Waals surface area contributed by atoms with Crippen molar-refractivity contribution in [3.63, 3.8) is 0 Å². The molecule has 0 aliphatic carbocycles. The van der Waals surface area contributed by atoms with Crippen LogP contribution in [0, 0.1) is 0 Å². The zero-order valence-corrected chi connectivity index (χ0v) is 18.1. The normalized spacial score (nSPS) is 15.6. The number of carbonyl (C=O) groups is 2. The highest BCUT2D eigenvalue weighted by Gasteiger charge is 2.21. The number of carbonyl (C=O) groups excluding carboxylic acids is 2. The van der Waals surface area contributed by atoms with Crippen molar-refractivity contribution < 1.29 is 9.59 Å². The smallest absolute Gasteiger partial charge is 0.244 e. The van der Waals surface area contributed by atoms with Crippen LogP contribution in [0.15, 0.2) is 70.9 Å². The zero-order chi connectivity index (χ0) is 20.9. The Morgan fingerprint density at radius 3 is 2.70 bits per heavy atom. The second-order valence-corrected chi connectivity index (χ2v) is 8.79. The van der Waals surface area contributed by atoms with Crippen molar-refractivity contribution in [1.29, 1.82) is 0 Å². The zero-order valence-electron chi connectivity index (χ0n) is 16.4. The first-order valence-corrected chi connectivity index (χ1v) is 11.5. The molecule has 1 aliphatic heterocycles. The van der Waals surface area contributed by atoms with E-state index in [0.717, 1.165) is 17.9 Å². The van der Waals surface area contributed by atoms with Crippen molar-refractivity contribution in [3.8, 4) is 0 Å². The molecule has 30 heavy (non-hydrogen) atoms. The van der Waals surface area contributed by atoms with Gasteiger partial charge in [-0.3, -0.25) is 14.5 Å². The van der Waals surface area contributed by atoms with Crippen molar-refractivity contribution >= 4 is 51.8 Å². The molecular weight excluding hydrogens is 414 g/mol. The summed E-state index contributed by atoms with van der Waals surface area (Å²) in [7, 11) is 0. The number of hydrogen-bond acceptors (Lipinski definition) is 5. The predicted molar refractivity (Wildman–Crippen MR) is 123 cm³/mol. The van der Waals surface area contributed by atoms with Gasteiger partial charge in [-0.1, -0.05) is 36.4 Å². The van der Waals surface area contributed by atoms with Crippen molar-refractivity contribution in [2.24, 2.45) is 0 Å². The molecule has 2 heterocycles. The molecule has 1 aliphatic rings. The molecular formula is C23H21N3O2S2. The van der Waals surface area contributed by atoms with E-state index in [1.807, 2.05) is 59.6 Å². The van der Waals surface area contributed by atoms with E-state index in [-0.39, 0.29) is 17.9 Å². The van der Waals surface area contributed by atoms with Crippen LogP contribution < -0.4 is 10.2 Å². The van der Waals surface area contributed by atoms with E-state index < -0.39 is 0 Å². The van der Waals surface area contributed by atoms with Gasteiger partial charge in [0.15, 0.2) is 5.13 Å². The molecule has 152 valence electrons. The number of para-hydroxylation sites is 1. The van der Waals surface area contributed by atoms with Crippen LogP contribution in [0.2, 0.25) is 0 Å². The first kappa shape index (κ1) is 20.4. The number of fused-ring (bicyclic) bond motifs is 1. The largest absolute Gasteiger partial charge is 0.346 e. The molecule has 0 saturated heterocycles. The summed E-state index contributed by atoms with van der Waals surface area (Å²) in [5.41, 5.74) is 2.58. The summed E-state index contributed by atoms with van der Waals surface area (Å²) in [6.45, 7) is 1.51. The first-order chi connectivity index (χ1) is 14.6. The molecule has 1 N–H and O–H groups in total. The molecule has 1 unspecified atom stereocenters. The summed E-state index contributed by atoms with van der Waals surface area (Å²) >= 11 is 3.19. The van der Waals surface area contributed by atoms with Crippen LogP contribution in [-0.4, -0.2) is 22.6 Å². The van der Waals surface area contributed by atoms with Gasteiger partial charge in [0, 0.05) is 29.0 Å². The summed E-state index contributed by atoms with van der Waals surface area (Å²) < 4.78 is 0. The van der Waals surface area contributed by atoms with Crippen LogP contribution in [0.25, 0.3) is 6.08 Å². The van der Waals surface area contributed by atoms with Crippen molar-refractivity contribution in [1.82, 2.24) is 10.3 Å². The average Bonchev–Trinajstić information content (AvgIpc) is 3.21.